The van der Waals surface area contributed by atoms with Crippen LogP contribution in [0.5, 0.6) is 0 Å². The van der Waals surface area contributed by atoms with E-state index in [9.17, 15) is 0 Å². The van der Waals surface area contributed by atoms with Gasteiger partial charge in [0.15, 0.2) is 11.8 Å². The SMILES string of the molecule is CN=C(NCc1noc(C)n1)NC(C)c1cccc(N2CCCC2)c1. The molecule has 0 bridgehead atoms. The van der Waals surface area contributed by atoms with Gasteiger partial charge in [-0.05, 0) is 37.5 Å². The summed E-state index contributed by atoms with van der Waals surface area (Å²) in [6, 6.07) is 8.86. The van der Waals surface area contributed by atoms with Crippen LogP contribution in [0.2, 0.25) is 0 Å². The summed E-state index contributed by atoms with van der Waals surface area (Å²) in [5, 5.41) is 10.5. The zero-order chi connectivity index (χ0) is 17.6. The monoisotopic (exact) mass is 342 g/mol. The molecule has 1 aromatic carbocycles. The van der Waals surface area contributed by atoms with Gasteiger partial charge in [-0.1, -0.05) is 17.3 Å². The predicted octanol–water partition coefficient (Wildman–Crippen LogP) is 2.40. The van der Waals surface area contributed by atoms with Gasteiger partial charge in [-0.25, -0.2) is 0 Å². The first-order chi connectivity index (χ1) is 12.2. The number of hydrogen-bond donors (Lipinski definition) is 2. The molecular formula is C18H26N6O. The van der Waals surface area contributed by atoms with E-state index in [1.807, 2.05) is 0 Å². The molecule has 7 heteroatoms. The topological polar surface area (TPSA) is 78.6 Å². The van der Waals surface area contributed by atoms with Gasteiger partial charge in [0.1, 0.15) is 0 Å². The summed E-state index contributed by atoms with van der Waals surface area (Å²) in [7, 11) is 1.75. The van der Waals surface area contributed by atoms with Crippen LogP contribution in [0.3, 0.4) is 0 Å². The third kappa shape index (κ3) is 4.49. The number of aliphatic imine (C=N–C) groups is 1. The zero-order valence-electron chi connectivity index (χ0n) is 15.1. The van der Waals surface area contributed by atoms with Gasteiger partial charge in [0.2, 0.25) is 5.89 Å². The van der Waals surface area contributed by atoms with Crippen molar-refractivity contribution in [3.63, 3.8) is 0 Å². The number of nitrogens with one attached hydrogen (secondary N) is 2. The minimum Gasteiger partial charge on any atom is -0.372 e. The summed E-state index contributed by atoms with van der Waals surface area (Å²) >= 11 is 0. The fraction of sp³-hybridized carbons (Fsp3) is 0.500. The average molecular weight is 342 g/mol. The molecule has 0 spiro atoms. The van der Waals surface area contributed by atoms with Crippen molar-refractivity contribution >= 4 is 11.6 Å². The van der Waals surface area contributed by atoms with Gasteiger partial charge >= 0.3 is 0 Å². The third-order valence-electron chi connectivity index (χ3n) is 4.40. The smallest absolute Gasteiger partial charge is 0.223 e. The van der Waals surface area contributed by atoms with Crippen LogP contribution in [0, 0.1) is 6.92 Å². The molecule has 3 rings (SSSR count). The maximum atomic E-state index is 4.98. The molecule has 1 aliphatic rings. The maximum Gasteiger partial charge on any atom is 0.223 e. The van der Waals surface area contributed by atoms with Crippen molar-refractivity contribution in [3.05, 3.63) is 41.5 Å². The van der Waals surface area contributed by atoms with E-state index in [0.717, 1.165) is 13.1 Å². The molecule has 7 nitrogen and oxygen atoms in total. The average Bonchev–Trinajstić information content (AvgIpc) is 3.30. The van der Waals surface area contributed by atoms with Gasteiger partial charge in [-0.15, -0.1) is 0 Å². The predicted molar refractivity (Wildman–Crippen MR) is 98.7 cm³/mol. The van der Waals surface area contributed by atoms with Crippen LogP contribution < -0.4 is 15.5 Å². The van der Waals surface area contributed by atoms with Gasteiger partial charge in [-0.2, -0.15) is 4.98 Å². The molecule has 0 saturated carbocycles. The Labute approximate surface area is 148 Å². The highest BCUT2D eigenvalue weighted by atomic mass is 16.5. The summed E-state index contributed by atoms with van der Waals surface area (Å²) in [4.78, 5) is 10.9. The van der Waals surface area contributed by atoms with Gasteiger partial charge in [-0.3, -0.25) is 4.99 Å². The quantitative estimate of drug-likeness (QED) is 0.642. The Morgan fingerprint density at radius 3 is 2.84 bits per heavy atom. The highest BCUT2D eigenvalue weighted by Gasteiger charge is 2.14. The molecule has 2 heterocycles. The molecule has 1 aliphatic heterocycles. The highest BCUT2D eigenvalue weighted by molar-refractivity contribution is 5.80. The van der Waals surface area contributed by atoms with Crippen molar-refractivity contribution in [2.75, 3.05) is 25.0 Å². The molecule has 25 heavy (non-hydrogen) atoms. The Morgan fingerprint density at radius 2 is 2.16 bits per heavy atom. The minimum atomic E-state index is 0.140. The number of anilines is 1. The van der Waals surface area contributed by atoms with Crippen molar-refractivity contribution in [1.29, 1.82) is 0 Å². The molecule has 2 N–H and O–H groups in total. The minimum absolute atomic E-state index is 0.140. The van der Waals surface area contributed by atoms with Crippen LogP contribution in [0.1, 0.15) is 43.1 Å². The van der Waals surface area contributed by atoms with Crippen molar-refractivity contribution < 1.29 is 4.52 Å². The number of benzene rings is 1. The van der Waals surface area contributed by atoms with Gasteiger partial charge in [0.05, 0.1) is 12.6 Å². The molecule has 0 radical (unpaired) electrons. The maximum absolute atomic E-state index is 4.98. The summed E-state index contributed by atoms with van der Waals surface area (Å²) in [5.41, 5.74) is 2.54. The van der Waals surface area contributed by atoms with Gasteiger partial charge in [0.25, 0.3) is 0 Å². The number of aromatic nitrogens is 2. The molecule has 2 aromatic rings. The number of hydrogen-bond acceptors (Lipinski definition) is 5. The van der Waals surface area contributed by atoms with E-state index in [1.165, 1.54) is 24.1 Å². The second-order valence-corrected chi connectivity index (χ2v) is 6.31. The Balaban J connectivity index is 1.59. The molecule has 1 fully saturated rings. The Hall–Kier alpha value is -2.57. The second-order valence-electron chi connectivity index (χ2n) is 6.31. The molecule has 1 atom stereocenters. The molecule has 0 aliphatic carbocycles. The second kappa shape index (κ2) is 8.00. The molecule has 134 valence electrons. The van der Waals surface area contributed by atoms with Gasteiger partial charge < -0.3 is 20.1 Å². The highest BCUT2D eigenvalue weighted by Crippen LogP contribution is 2.23. The van der Waals surface area contributed by atoms with E-state index >= 15 is 0 Å². The Bertz CT molecular complexity index is 720. The van der Waals surface area contributed by atoms with E-state index in [4.69, 9.17) is 4.52 Å². The summed E-state index contributed by atoms with van der Waals surface area (Å²) < 4.78 is 4.98. The summed E-state index contributed by atoms with van der Waals surface area (Å²) in [5.74, 6) is 1.89. The van der Waals surface area contributed by atoms with E-state index in [1.54, 1.807) is 14.0 Å². The van der Waals surface area contributed by atoms with E-state index < -0.39 is 0 Å². The van der Waals surface area contributed by atoms with Crippen LogP contribution >= 0.6 is 0 Å². The Morgan fingerprint density at radius 1 is 1.36 bits per heavy atom. The number of nitrogens with zero attached hydrogens (tertiary/aromatic N) is 4. The lowest BCUT2D eigenvalue weighted by atomic mass is 10.1. The molecule has 1 saturated heterocycles. The van der Waals surface area contributed by atoms with Gasteiger partial charge in [0, 0.05) is 32.7 Å². The zero-order valence-corrected chi connectivity index (χ0v) is 15.1. The number of rotatable bonds is 5. The first-order valence-electron chi connectivity index (χ1n) is 8.77. The summed E-state index contributed by atoms with van der Waals surface area (Å²) in [6.07, 6.45) is 2.56. The molecule has 1 unspecified atom stereocenters. The van der Waals surface area contributed by atoms with Crippen molar-refractivity contribution in [3.8, 4) is 0 Å². The normalized spacial score (nSPS) is 16.1. The van der Waals surface area contributed by atoms with Crippen LogP contribution in [0.4, 0.5) is 5.69 Å². The fourth-order valence-corrected chi connectivity index (χ4v) is 3.03. The lowest BCUT2D eigenvalue weighted by Gasteiger charge is -2.22. The van der Waals surface area contributed by atoms with E-state index in [-0.39, 0.29) is 6.04 Å². The van der Waals surface area contributed by atoms with Crippen LogP contribution in [-0.2, 0) is 6.54 Å². The standard InChI is InChI=1S/C18H26N6O/c1-13(15-7-6-8-16(11-15)24-9-4-5-10-24)21-18(19-3)20-12-17-22-14(2)25-23-17/h6-8,11,13H,4-5,9-10,12H2,1-3H3,(H2,19,20,21). The largest absolute Gasteiger partial charge is 0.372 e. The lowest BCUT2D eigenvalue weighted by molar-refractivity contribution is 0.386. The third-order valence-corrected chi connectivity index (χ3v) is 4.40. The number of aryl methyl sites for hydroxylation is 1. The molecule has 0 amide bonds. The first-order valence-corrected chi connectivity index (χ1v) is 8.77. The first kappa shape index (κ1) is 17.3. The van der Waals surface area contributed by atoms with Crippen molar-refractivity contribution in [1.82, 2.24) is 20.8 Å². The van der Waals surface area contributed by atoms with Crippen LogP contribution in [-0.4, -0.2) is 36.2 Å². The van der Waals surface area contributed by atoms with E-state index in [2.05, 4.69) is 61.9 Å². The fourth-order valence-electron chi connectivity index (χ4n) is 3.03. The molecular weight excluding hydrogens is 316 g/mol. The number of guanidine groups is 1. The van der Waals surface area contributed by atoms with Crippen LogP contribution in [0.15, 0.2) is 33.8 Å². The van der Waals surface area contributed by atoms with Crippen LogP contribution in [0.25, 0.3) is 0 Å². The molecule has 1 aromatic heterocycles. The van der Waals surface area contributed by atoms with Crippen molar-refractivity contribution in [2.45, 2.75) is 39.3 Å². The van der Waals surface area contributed by atoms with E-state index in [0.29, 0.717) is 24.2 Å². The Kier molecular flexibility index (Phi) is 5.53. The van der Waals surface area contributed by atoms with Crippen molar-refractivity contribution in [2.24, 2.45) is 4.99 Å². The lowest BCUT2D eigenvalue weighted by Crippen LogP contribution is -2.38. The summed E-state index contributed by atoms with van der Waals surface area (Å²) in [6.45, 7) is 6.68.